The van der Waals surface area contributed by atoms with Crippen molar-refractivity contribution < 1.29 is 22.6 Å². The van der Waals surface area contributed by atoms with Crippen LogP contribution in [0.15, 0.2) is 36.4 Å². The molecule has 108 valence electrons. The fourth-order valence-electron chi connectivity index (χ4n) is 2.49. The van der Waals surface area contributed by atoms with E-state index >= 15 is 0 Å². The molecule has 7 heteroatoms. The Hall–Kier alpha value is -2.25. The van der Waals surface area contributed by atoms with Crippen LogP contribution in [0.25, 0.3) is 10.8 Å². The number of nitrogens with zero attached hydrogens (tertiary/aromatic N) is 1. The molecule has 0 atom stereocenters. The van der Waals surface area contributed by atoms with Crippen LogP contribution in [0.3, 0.4) is 0 Å². The molecule has 21 heavy (non-hydrogen) atoms. The summed E-state index contributed by atoms with van der Waals surface area (Å²) >= 11 is 0. The van der Waals surface area contributed by atoms with Gasteiger partial charge in [0.05, 0.1) is 5.75 Å². The maximum Gasteiger partial charge on any atom is 0.266 e. The van der Waals surface area contributed by atoms with E-state index in [4.69, 9.17) is 4.55 Å². The van der Waals surface area contributed by atoms with Crippen LogP contribution in [0.5, 0.6) is 0 Å². The molecule has 6 nitrogen and oxygen atoms in total. The molecule has 0 saturated heterocycles. The zero-order valence-corrected chi connectivity index (χ0v) is 11.6. The summed E-state index contributed by atoms with van der Waals surface area (Å²) in [7, 11) is -4.25. The van der Waals surface area contributed by atoms with Gasteiger partial charge in [0.15, 0.2) is 0 Å². The Morgan fingerprint density at radius 3 is 1.95 bits per heavy atom. The van der Waals surface area contributed by atoms with Crippen LogP contribution >= 0.6 is 0 Å². The van der Waals surface area contributed by atoms with Crippen LogP contribution in [0, 0.1) is 0 Å². The SMILES string of the molecule is O=C1c2cccc3cccc(c23)C(=O)N1CCS(=O)(=O)O. The van der Waals surface area contributed by atoms with Crippen molar-refractivity contribution in [2.45, 2.75) is 0 Å². The molecule has 0 aromatic heterocycles. The molecule has 1 heterocycles. The van der Waals surface area contributed by atoms with E-state index in [0.29, 0.717) is 16.5 Å². The van der Waals surface area contributed by atoms with Crippen LogP contribution < -0.4 is 0 Å². The molecule has 0 saturated carbocycles. The van der Waals surface area contributed by atoms with Gasteiger partial charge in [-0.25, -0.2) is 0 Å². The van der Waals surface area contributed by atoms with Crippen LogP contribution in [0.2, 0.25) is 0 Å². The number of hydrogen-bond acceptors (Lipinski definition) is 4. The third-order valence-corrected chi connectivity index (χ3v) is 4.13. The zero-order chi connectivity index (χ0) is 15.2. The first kappa shape index (κ1) is 13.7. The Bertz CT molecular complexity index is 821. The average molecular weight is 305 g/mol. The highest BCUT2D eigenvalue weighted by molar-refractivity contribution is 7.85. The van der Waals surface area contributed by atoms with Gasteiger partial charge in [-0.05, 0) is 17.5 Å². The number of imide groups is 1. The van der Waals surface area contributed by atoms with E-state index in [9.17, 15) is 18.0 Å². The first-order valence-electron chi connectivity index (χ1n) is 6.21. The average Bonchev–Trinajstić information content (AvgIpc) is 2.43. The van der Waals surface area contributed by atoms with Gasteiger partial charge in [0, 0.05) is 23.1 Å². The predicted octanol–water partition coefficient (Wildman–Crippen LogP) is 1.32. The summed E-state index contributed by atoms with van der Waals surface area (Å²) in [5.41, 5.74) is 0.719. The maximum absolute atomic E-state index is 12.4. The predicted molar refractivity (Wildman–Crippen MR) is 75.7 cm³/mol. The number of carbonyl (C=O) groups is 2. The molecule has 0 radical (unpaired) electrons. The van der Waals surface area contributed by atoms with Crippen molar-refractivity contribution in [3.63, 3.8) is 0 Å². The summed E-state index contributed by atoms with van der Waals surface area (Å²) in [5.74, 6) is -1.77. The van der Waals surface area contributed by atoms with Gasteiger partial charge < -0.3 is 0 Å². The Morgan fingerprint density at radius 2 is 1.48 bits per heavy atom. The molecule has 0 spiro atoms. The Morgan fingerprint density at radius 1 is 0.952 bits per heavy atom. The molecule has 0 bridgehead atoms. The topological polar surface area (TPSA) is 91.8 Å². The number of carbonyl (C=O) groups excluding carboxylic acids is 2. The first-order valence-corrected chi connectivity index (χ1v) is 7.82. The summed E-state index contributed by atoms with van der Waals surface area (Å²) in [6, 6.07) is 10.2. The van der Waals surface area contributed by atoms with Crippen molar-refractivity contribution in [2.75, 3.05) is 12.3 Å². The minimum Gasteiger partial charge on any atom is -0.285 e. The fourth-order valence-corrected chi connectivity index (χ4v) is 2.90. The third kappa shape index (κ3) is 2.30. The molecule has 1 N–H and O–H groups in total. The van der Waals surface area contributed by atoms with E-state index in [1.165, 1.54) is 0 Å². The Balaban J connectivity index is 2.11. The van der Waals surface area contributed by atoms with Crippen LogP contribution in [-0.4, -0.2) is 42.0 Å². The fraction of sp³-hybridized carbons (Fsp3) is 0.143. The Kier molecular flexibility index (Phi) is 3.03. The van der Waals surface area contributed by atoms with Crippen molar-refractivity contribution in [2.24, 2.45) is 0 Å². The van der Waals surface area contributed by atoms with Crippen molar-refractivity contribution in [3.05, 3.63) is 47.5 Å². The van der Waals surface area contributed by atoms with E-state index in [1.807, 2.05) is 0 Å². The molecule has 2 amide bonds. The van der Waals surface area contributed by atoms with Gasteiger partial charge in [-0.2, -0.15) is 8.42 Å². The minimum atomic E-state index is -4.25. The molecule has 2 aromatic carbocycles. The van der Waals surface area contributed by atoms with Gasteiger partial charge in [-0.15, -0.1) is 0 Å². The van der Waals surface area contributed by atoms with Crippen molar-refractivity contribution in [1.29, 1.82) is 0 Å². The second kappa shape index (κ2) is 4.64. The molecule has 1 aliphatic rings. The van der Waals surface area contributed by atoms with E-state index in [1.54, 1.807) is 36.4 Å². The summed E-state index contributed by atoms with van der Waals surface area (Å²) in [6.45, 7) is -0.374. The van der Waals surface area contributed by atoms with Gasteiger partial charge in [-0.1, -0.05) is 24.3 Å². The van der Waals surface area contributed by atoms with E-state index in [0.717, 1.165) is 10.3 Å². The summed E-state index contributed by atoms with van der Waals surface area (Å²) in [6.07, 6.45) is 0. The van der Waals surface area contributed by atoms with Crippen LogP contribution in [0.4, 0.5) is 0 Å². The summed E-state index contributed by atoms with van der Waals surface area (Å²) in [5, 5.41) is 1.36. The van der Waals surface area contributed by atoms with Gasteiger partial charge in [0.25, 0.3) is 21.9 Å². The Labute approximate surface area is 120 Å². The zero-order valence-electron chi connectivity index (χ0n) is 10.8. The first-order chi connectivity index (χ1) is 9.88. The number of rotatable bonds is 3. The molecule has 0 fully saturated rings. The largest absolute Gasteiger partial charge is 0.285 e. The van der Waals surface area contributed by atoms with Crippen molar-refractivity contribution in [3.8, 4) is 0 Å². The second-order valence-corrected chi connectivity index (χ2v) is 6.33. The number of benzene rings is 2. The lowest BCUT2D eigenvalue weighted by molar-refractivity contribution is 0.0620. The number of hydrogen-bond donors (Lipinski definition) is 1. The maximum atomic E-state index is 12.4. The number of amides is 2. The smallest absolute Gasteiger partial charge is 0.266 e. The minimum absolute atomic E-state index is 0.359. The van der Waals surface area contributed by atoms with Gasteiger partial charge in [0.2, 0.25) is 0 Å². The molecule has 0 unspecified atom stereocenters. The normalized spacial score (nSPS) is 14.8. The summed E-state index contributed by atoms with van der Waals surface area (Å²) < 4.78 is 30.5. The van der Waals surface area contributed by atoms with Crippen molar-refractivity contribution >= 4 is 32.7 Å². The second-order valence-electron chi connectivity index (χ2n) is 4.76. The third-order valence-electron chi connectivity index (χ3n) is 3.43. The van der Waals surface area contributed by atoms with Crippen LogP contribution in [0.1, 0.15) is 20.7 Å². The van der Waals surface area contributed by atoms with Gasteiger partial charge >= 0.3 is 0 Å². The monoisotopic (exact) mass is 305 g/mol. The van der Waals surface area contributed by atoms with Crippen LogP contribution in [-0.2, 0) is 10.1 Å². The van der Waals surface area contributed by atoms with E-state index in [-0.39, 0.29) is 6.54 Å². The van der Waals surface area contributed by atoms with E-state index < -0.39 is 27.7 Å². The lowest BCUT2D eigenvalue weighted by Gasteiger charge is -2.26. The molecular weight excluding hydrogens is 294 g/mol. The lowest BCUT2D eigenvalue weighted by atomic mass is 9.94. The quantitative estimate of drug-likeness (QED) is 0.682. The van der Waals surface area contributed by atoms with Gasteiger partial charge in [0.1, 0.15) is 0 Å². The highest BCUT2D eigenvalue weighted by Gasteiger charge is 2.32. The standard InChI is InChI=1S/C14H11NO5S/c16-13-10-5-1-3-9-4-2-6-11(12(9)10)14(17)15(13)7-8-21(18,19)20/h1-6H,7-8H2,(H,18,19,20). The molecule has 2 aromatic rings. The molecule has 0 aliphatic carbocycles. The van der Waals surface area contributed by atoms with Crippen molar-refractivity contribution in [1.82, 2.24) is 4.90 Å². The lowest BCUT2D eigenvalue weighted by Crippen LogP contribution is -2.42. The summed E-state index contributed by atoms with van der Waals surface area (Å²) in [4.78, 5) is 25.6. The molecular formula is C14H11NO5S. The van der Waals surface area contributed by atoms with Gasteiger partial charge in [-0.3, -0.25) is 19.0 Å². The highest BCUT2D eigenvalue weighted by atomic mass is 32.2. The van der Waals surface area contributed by atoms with E-state index in [2.05, 4.69) is 0 Å². The highest BCUT2D eigenvalue weighted by Crippen LogP contribution is 2.29. The molecule has 1 aliphatic heterocycles. The molecule has 3 rings (SSSR count).